The second-order valence-electron chi connectivity index (χ2n) is 5.49. The van der Waals surface area contributed by atoms with Gasteiger partial charge in [-0.1, -0.05) is 0 Å². The Morgan fingerprint density at radius 3 is 2.22 bits per heavy atom. The number of hydrogen-bond acceptors (Lipinski definition) is 8. The molecule has 0 radical (unpaired) electrons. The molecule has 0 bridgehead atoms. The standard InChI is InChI=1S/C12H19Cl3O8/c13-1-3-6(17)11(20)12(21,23-3)10(15)9-8(19)7(18)5(14)4(2-16)22-9/h3-11,16-21H,1-2H2/t3-,4-,5+,6-,7+,8-,9+,10?,11+,12-/m1/s1/i10D. The van der Waals surface area contributed by atoms with Gasteiger partial charge in [-0.2, -0.15) is 0 Å². The summed E-state index contributed by atoms with van der Waals surface area (Å²) in [5, 5.41) is 55.8. The van der Waals surface area contributed by atoms with Crippen LogP contribution in [-0.2, 0) is 9.47 Å². The SMILES string of the molecule is [2H]C(Cl)([C@H]1O[C@H](CO)[C@H](Cl)[C@H](O)[C@H]1O)[C@@]1(O)O[C@H](CCl)[C@@H](O)[C@@H]1O. The summed E-state index contributed by atoms with van der Waals surface area (Å²) in [6.45, 7) is -0.657. The minimum atomic E-state index is -2.88. The topological polar surface area (TPSA) is 140 Å². The van der Waals surface area contributed by atoms with Crippen LogP contribution in [0.5, 0.6) is 0 Å². The smallest absolute Gasteiger partial charge is 0.214 e. The van der Waals surface area contributed by atoms with Crippen LogP contribution in [0.1, 0.15) is 1.37 Å². The number of rotatable bonds is 4. The van der Waals surface area contributed by atoms with Crippen LogP contribution in [0.15, 0.2) is 0 Å². The lowest BCUT2D eigenvalue weighted by Crippen LogP contribution is -2.64. The predicted molar refractivity (Wildman–Crippen MR) is 79.6 cm³/mol. The van der Waals surface area contributed by atoms with E-state index in [1.807, 2.05) is 0 Å². The molecule has 0 spiro atoms. The van der Waals surface area contributed by atoms with Crippen LogP contribution >= 0.6 is 34.8 Å². The molecule has 0 saturated carbocycles. The van der Waals surface area contributed by atoms with E-state index in [9.17, 15) is 30.6 Å². The van der Waals surface area contributed by atoms with Crippen molar-refractivity contribution in [2.75, 3.05) is 12.5 Å². The van der Waals surface area contributed by atoms with Gasteiger partial charge in [0, 0.05) is 0 Å². The summed E-state index contributed by atoms with van der Waals surface area (Å²) in [5.74, 6) is -3.19. The molecule has 23 heavy (non-hydrogen) atoms. The Balaban J connectivity index is 2.34. The zero-order valence-electron chi connectivity index (χ0n) is 12.7. The van der Waals surface area contributed by atoms with E-state index in [1.54, 1.807) is 0 Å². The van der Waals surface area contributed by atoms with Crippen molar-refractivity contribution < 1.29 is 41.5 Å². The summed E-state index contributed by atoms with van der Waals surface area (Å²) in [4.78, 5) is 0. The van der Waals surface area contributed by atoms with E-state index in [-0.39, 0.29) is 5.88 Å². The monoisotopic (exact) mass is 397 g/mol. The summed E-state index contributed by atoms with van der Waals surface area (Å²) >= 11 is 17.4. The molecular weight excluding hydrogens is 378 g/mol. The zero-order valence-corrected chi connectivity index (χ0v) is 13.9. The van der Waals surface area contributed by atoms with Gasteiger partial charge in [0.2, 0.25) is 5.79 Å². The maximum atomic E-state index is 10.6. The maximum Gasteiger partial charge on any atom is 0.214 e. The van der Waals surface area contributed by atoms with Crippen molar-refractivity contribution in [3.05, 3.63) is 0 Å². The Hall–Kier alpha value is 0.550. The molecule has 0 aromatic heterocycles. The molecule has 0 aromatic rings. The maximum absolute atomic E-state index is 10.6. The van der Waals surface area contributed by atoms with Gasteiger partial charge >= 0.3 is 0 Å². The summed E-state index contributed by atoms with van der Waals surface area (Å²) in [6, 6.07) is 0. The molecule has 2 fully saturated rings. The molecule has 0 amide bonds. The fourth-order valence-electron chi connectivity index (χ4n) is 2.61. The molecule has 2 saturated heterocycles. The van der Waals surface area contributed by atoms with Crippen LogP contribution in [0.2, 0.25) is 0 Å². The van der Waals surface area contributed by atoms with E-state index in [2.05, 4.69) is 0 Å². The molecule has 0 aliphatic carbocycles. The van der Waals surface area contributed by atoms with E-state index in [0.717, 1.165) is 0 Å². The molecule has 8 nitrogen and oxygen atoms in total. The van der Waals surface area contributed by atoms with Crippen LogP contribution in [0, 0.1) is 0 Å². The Morgan fingerprint density at radius 1 is 1.13 bits per heavy atom. The molecular formula is C12H19Cl3O8. The first-order valence-electron chi connectivity index (χ1n) is 7.30. The number of aliphatic hydroxyl groups excluding tert-OH is 5. The Morgan fingerprint density at radius 2 is 1.74 bits per heavy atom. The lowest BCUT2D eigenvalue weighted by atomic mass is 9.90. The fourth-order valence-corrected chi connectivity index (χ4v) is 3.48. The number of aliphatic hydroxyl groups is 6. The highest BCUT2D eigenvalue weighted by Gasteiger charge is 2.61. The van der Waals surface area contributed by atoms with Crippen LogP contribution in [-0.4, -0.2) is 102 Å². The van der Waals surface area contributed by atoms with Crippen LogP contribution < -0.4 is 0 Å². The first kappa shape index (κ1) is 18.3. The van der Waals surface area contributed by atoms with E-state index in [0.29, 0.717) is 0 Å². The number of hydrogen-bond donors (Lipinski definition) is 6. The van der Waals surface area contributed by atoms with Gasteiger partial charge in [-0.15, -0.1) is 34.8 Å². The van der Waals surface area contributed by atoms with Crippen molar-refractivity contribution in [3.8, 4) is 0 Å². The summed E-state index contributed by atoms with van der Waals surface area (Å²) < 4.78 is 18.5. The van der Waals surface area contributed by atoms with E-state index in [4.69, 9.17) is 45.6 Å². The Bertz CT molecular complexity index is 458. The van der Waals surface area contributed by atoms with Crippen LogP contribution in [0.4, 0.5) is 0 Å². The van der Waals surface area contributed by atoms with Gasteiger partial charge in [-0.25, -0.2) is 0 Å². The van der Waals surface area contributed by atoms with Crippen LogP contribution in [0.25, 0.3) is 0 Å². The first-order valence-corrected chi connectivity index (χ1v) is 8.15. The number of ether oxygens (including phenoxy) is 2. The molecule has 11 heteroatoms. The zero-order chi connectivity index (χ0) is 18.4. The summed E-state index contributed by atoms with van der Waals surface area (Å²) in [6.07, 6.45) is -11.4. The molecule has 10 atom stereocenters. The summed E-state index contributed by atoms with van der Waals surface area (Å²) in [7, 11) is 0. The minimum absolute atomic E-state index is 0.312. The van der Waals surface area contributed by atoms with E-state index >= 15 is 0 Å². The summed E-state index contributed by atoms with van der Waals surface area (Å²) in [5.41, 5.74) is 0. The predicted octanol–water partition coefficient (Wildman–Crippen LogP) is -2.27. The van der Waals surface area contributed by atoms with Crippen LogP contribution in [0.3, 0.4) is 0 Å². The Labute approximate surface area is 148 Å². The highest BCUT2D eigenvalue weighted by Crippen LogP contribution is 2.40. The fraction of sp³-hybridized carbons (Fsp3) is 1.00. The third-order valence-electron chi connectivity index (χ3n) is 4.02. The van der Waals surface area contributed by atoms with Gasteiger partial charge in [-0.3, -0.25) is 0 Å². The molecule has 2 aliphatic heterocycles. The van der Waals surface area contributed by atoms with Gasteiger partial charge in [-0.05, 0) is 0 Å². The number of alkyl halides is 3. The normalized spacial score (nSPS) is 54.6. The van der Waals surface area contributed by atoms with Crippen molar-refractivity contribution >= 4 is 34.8 Å². The first-order chi connectivity index (χ1) is 11.0. The molecule has 2 aliphatic rings. The lowest BCUT2D eigenvalue weighted by Gasteiger charge is -2.44. The average Bonchev–Trinajstić information content (AvgIpc) is 2.78. The quantitative estimate of drug-likeness (QED) is 0.291. The van der Waals surface area contributed by atoms with Crippen molar-refractivity contribution in [3.63, 3.8) is 0 Å². The van der Waals surface area contributed by atoms with E-state index < -0.39 is 65.9 Å². The van der Waals surface area contributed by atoms with Gasteiger partial charge in [0.15, 0.2) is 0 Å². The molecule has 1 unspecified atom stereocenters. The molecule has 0 aromatic carbocycles. The Kier molecular flexibility index (Phi) is 5.92. The van der Waals surface area contributed by atoms with Gasteiger partial charge in [0.1, 0.15) is 48.1 Å². The molecule has 2 rings (SSSR count). The second kappa shape index (κ2) is 7.43. The van der Waals surface area contributed by atoms with E-state index in [1.165, 1.54) is 0 Å². The third-order valence-corrected chi connectivity index (χ3v) is 5.35. The van der Waals surface area contributed by atoms with Crippen molar-refractivity contribution in [1.82, 2.24) is 0 Å². The van der Waals surface area contributed by atoms with Crippen molar-refractivity contribution in [1.29, 1.82) is 0 Å². The highest BCUT2D eigenvalue weighted by molar-refractivity contribution is 6.22. The largest absolute Gasteiger partial charge is 0.394 e. The van der Waals surface area contributed by atoms with Crippen molar-refractivity contribution in [2.45, 2.75) is 59.2 Å². The third kappa shape index (κ3) is 3.32. The minimum Gasteiger partial charge on any atom is -0.394 e. The second-order valence-corrected chi connectivity index (χ2v) is 6.71. The van der Waals surface area contributed by atoms with Crippen molar-refractivity contribution in [2.24, 2.45) is 0 Å². The van der Waals surface area contributed by atoms with Gasteiger partial charge < -0.3 is 40.1 Å². The lowest BCUT2D eigenvalue weighted by molar-refractivity contribution is -0.261. The van der Waals surface area contributed by atoms with Gasteiger partial charge in [0.25, 0.3) is 0 Å². The molecule has 2 heterocycles. The average molecular weight is 399 g/mol. The number of halogens is 3. The highest BCUT2D eigenvalue weighted by atomic mass is 35.5. The molecule has 6 N–H and O–H groups in total. The van der Waals surface area contributed by atoms with Gasteiger partial charge in [0.05, 0.1) is 19.2 Å². The molecule has 136 valence electrons.